The number of hydrogen-bond acceptors (Lipinski definition) is 6. The lowest BCUT2D eigenvalue weighted by molar-refractivity contribution is -0.158. The van der Waals surface area contributed by atoms with E-state index in [1.54, 1.807) is 11.1 Å². The lowest BCUT2D eigenvalue weighted by Crippen LogP contribution is -2.52. The van der Waals surface area contributed by atoms with Crippen LogP contribution in [0.5, 0.6) is 0 Å². The number of amidine groups is 1. The normalized spacial score (nSPS) is 27.4. The monoisotopic (exact) mass is 383 g/mol. The van der Waals surface area contributed by atoms with Gasteiger partial charge < -0.3 is 19.6 Å². The van der Waals surface area contributed by atoms with Crippen LogP contribution in [0.1, 0.15) is 12.8 Å². The molecule has 3 rings (SSSR count). The summed E-state index contributed by atoms with van der Waals surface area (Å²) in [6.45, 7) is 0.820. The summed E-state index contributed by atoms with van der Waals surface area (Å²) in [5.41, 5.74) is -0.727. The maximum absolute atomic E-state index is 12.9. The van der Waals surface area contributed by atoms with Gasteiger partial charge in [-0.3, -0.25) is 9.59 Å². The minimum absolute atomic E-state index is 0.0434. The molecule has 10 heteroatoms. The number of likely N-dealkylation sites (tertiary alicyclic amines) is 1. The van der Waals surface area contributed by atoms with Gasteiger partial charge in [0.25, 0.3) is 15.9 Å². The summed E-state index contributed by atoms with van der Waals surface area (Å²) in [4.78, 5) is 27.7. The van der Waals surface area contributed by atoms with E-state index in [4.69, 9.17) is 4.74 Å². The van der Waals surface area contributed by atoms with Crippen LogP contribution >= 0.6 is 0 Å². The Morgan fingerprint density at radius 3 is 2.81 bits per heavy atom. The first-order chi connectivity index (χ1) is 12.3. The number of sulfonamides is 1. The minimum Gasteiger partial charge on any atom is -0.481 e. The molecule has 1 atom stereocenters. The Bertz CT molecular complexity index is 812. The van der Waals surface area contributed by atoms with Crippen LogP contribution in [0.15, 0.2) is 28.3 Å². The lowest BCUT2D eigenvalue weighted by atomic mass is 9.80. The smallest absolute Gasteiger partial charge is 0.313 e. The Balaban J connectivity index is 1.79. The molecule has 26 heavy (non-hydrogen) atoms. The summed E-state index contributed by atoms with van der Waals surface area (Å²) in [7, 11) is -2.00. The largest absolute Gasteiger partial charge is 0.481 e. The van der Waals surface area contributed by atoms with Gasteiger partial charge in [0.1, 0.15) is 11.3 Å². The number of carboxylic acid groups (broad SMARTS) is 1. The van der Waals surface area contributed by atoms with Crippen LogP contribution in [0.4, 0.5) is 0 Å². The van der Waals surface area contributed by atoms with E-state index >= 15 is 0 Å². The van der Waals surface area contributed by atoms with Gasteiger partial charge in [-0.1, -0.05) is 0 Å². The Hall–Kier alpha value is -2.20. The molecule has 0 aromatic rings. The molecule has 0 aliphatic carbocycles. The summed E-state index contributed by atoms with van der Waals surface area (Å²) in [6.07, 6.45) is 5.62. The number of methoxy groups -OCH3 is 1. The van der Waals surface area contributed by atoms with Gasteiger partial charge in [-0.15, -0.1) is 4.40 Å². The Labute approximate surface area is 151 Å². The Kier molecular flexibility index (Phi) is 4.89. The van der Waals surface area contributed by atoms with Crippen molar-refractivity contribution < 1.29 is 27.9 Å². The van der Waals surface area contributed by atoms with E-state index in [9.17, 15) is 23.1 Å². The molecule has 0 aromatic carbocycles. The molecule has 3 aliphatic heterocycles. The van der Waals surface area contributed by atoms with Gasteiger partial charge in [-0.25, -0.2) is 8.42 Å². The zero-order valence-electron chi connectivity index (χ0n) is 14.4. The molecule has 9 nitrogen and oxygen atoms in total. The van der Waals surface area contributed by atoms with E-state index in [0.29, 0.717) is 25.0 Å². The third kappa shape index (κ3) is 3.51. The fraction of sp³-hybridized carbons (Fsp3) is 0.562. The molecule has 1 amide bonds. The predicted molar refractivity (Wildman–Crippen MR) is 92.9 cm³/mol. The van der Waals surface area contributed by atoms with Crippen LogP contribution in [0.2, 0.25) is 0 Å². The van der Waals surface area contributed by atoms with Crippen molar-refractivity contribution in [2.45, 2.75) is 12.8 Å². The number of hydrogen-bond donors (Lipinski definition) is 1. The Morgan fingerprint density at radius 1 is 1.35 bits per heavy atom. The second-order valence-corrected chi connectivity index (χ2v) is 8.45. The van der Waals surface area contributed by atoms with Crippen LogP contribution in [-0.4, -0.2) is 80.1 Å². The number of nitrogens with zero attached hydrogens (tertiary/aromatic N) is 3. The summed E-state index contributed by atoms with van der Waals surface area (Å²) in [5, 5.41) is 9.61. The van der Waals surface area contributed by atoms with Crippen LogP contribution in [0.3, 0.4) is 0 Å². The van der Waals surface area contributed by atoms with Crippen molar-refractivity contribution in [3.8, 4) is 0 Å². The minimum atomic E-state index is -3.45. The summed E-state index contributed by atoms with van der Waals surface area (Å²) < 4.78 is 31.9. The molecule has 0 bridgehead atoms. The van der Waals surface area contributed by atoms with Crippen LogP contribution in [-0.2, 0) is 24.3 Å². The molecular formula is C16H21N3O6S. The van der Waals surface area contributed by atoms with Crippen molar-refractivity contribution in [1.82, 2.24) is 9.80 Å². The van der Waals surface area contributed by atoms with Gasteiger partial charge in [0.05, 0.1) is 17.9 Å². The highest BCUT2D eigenvalue weighted by Crippen LogP contribution is 2.32. The zero-order valence-corrected chi connectivity index (χ0v) is 15.2. The predicted octanol–water partition coefficient (Wildman–Crippen LogP) is -0.176. The molecular weight excluding hydrogens is 362 g/mol. The molecule has 3 aliphatic rings. The number of rotatable bonds is 4. The molecule has 0 aromatic heterocycles. The molecule has 0 spiro atoms. The molecule has 0 saturated carbocycles. The van der Waals surface area contributed by atoms with E-state index in [1.807, 2.05) is 0 Å². The van der Waals surface area contributed by atoms with E-state index in [2.05, 4.69) is 4.40 Å². The maximum atomic E-state index is 12.9. The highest BCUT2D eigenvalue weighted by atomic mass is 32.2. The highest BCUT2D eigenvalue weighted by molar-refractivity contribution is 7.90. The molecule has 1 unspecified atom stereocenters. The topological polar surface area (TPSA) is 117 Å². The second kappa shape index (κ2) is 6.84. The average Bonchev–Trinajstić information content (AvgIpc) is 2.60. The van der Waals surface area contributed by atoms with Crippen molar-refractivity contribution in [3.63, 3.8) is 0 Å². The molecule has 1 fully saturated rings. The number of fused-ring (bicyclic) bond motifs is 1. The number of carbonyl (C=O) groups is 2. The number of ether oxygens (including phenoxy) is 1. The van der Waals surface area contributed by atoms with Gasteiger partial charge in [0.15, 0.2) is 0 Å². The van der Waals surface area contributed by atoms with E-state index in [0.717, 1.165) is 0 Å². The lowest BCUT2D eigenvalue weighted by Gasteiger charge is -2.40. The van der Waals surface area contributed by atoms with E-state index < -0.39 is 21.4 Å². The first-order valence-electron chi connectivity index (χ1n) is 8.27. The van der Waals surface area contributed by atoms with Crippen LogP contribution in [0, 0.1) is 5.41 Å². The van der Waals surface area contributed by atoms with Gasteiger partial charge in [-0.2, -0.15) is 0 Å². The number of carboxylic acids is 1. The van der Waals surface area contributed by atoms with Gasteiger partial charge in [0.2, 0.25) is 0 Å². The number of aliphatic carboxylic acids is 1. The fourth-order valence-corrected chi connectivity index (χ4v) is 4.41. The summed E-state index contributed by atoms with van der Waals surface area (Å²) in [5.74, 6) is -1.08. The van der Waals surface area contributed by atoms with Crippen LogP contribution in [0.25, 0.3) is 0 Å². The first kappa shape index (κ1) is 18.6. The van der Waals surface area contributed by atoms with Crippen molar-refractivity contribution in [1.29, 1.82) is 0 Å². The van der Waals surface area contributed by atoms with E-state index in [-0.39, 0.29) is 37.2 Å². The second-order valence-electron chi connectivity index (χ2n) is 6.70. The molecule has 0 radical (unpaired) electrons. The van der Waals surface area contributed by atoms with Gasteiger partial charge in [-0.05, 0) is 25.0 Å². The third-order valence-corrected chi connectivity index (χ3v) is 5.97. The van der Waals surface area contributed by atoms with Crippen molar-refractivity contribution in [2.24, 2.45) is 9.81 Å². The highest BCUT2D eigenvalue weighted by Gasteiger charge is 2.44. The zero-order chi connectivity index (χ0) is 18.9. The number of piperidine rings is 1. The molecule has 1 saturated heterocycles. The molecule has 3 heterocycles. The third-order valence-electron chi connectivity index (χ3n) is 4.81. The van der Waals surface area contributed by atoms with Crippen LogP contribution < -0.4 is 0 Å². The number of amides is 1. The van der Waals surface area contributed by atoms with Crippen molar-refractivity contribution in [2.75, 3.05) is 39.1 Å². The average molecular weight is 383 g/mol. The van der Waals surface area contributed by atoms with Gasteiger partial charge >= 0.3 is 5.97 Å². The molecule has 142 valence electrons. The first-order valence-corrected chi connectivity index (χ1v) is 9.88. The van der Waals surface area contributed by atoms with Crippen molar-refractivity contribution >= 4 is 27.7 Å². The summed E-state index contributed by atoms with van der Waals surface area (Å²) in [6, 6.07) is 0. The number of carbonyl (C=O) groups excluding carboxylic acids is 1. The SMILES string of the molecule is COCC1(C(=O)O)CCCN(C(=O)C2=CN3CCS(=O)(=O)N=C3C=C2)C1. The Morgan fingerprint density at radius 2 is 2.12 bits per heavy atom. The molecule has 1 N–H and O–H groups in total. The summed E-state index contributed by atoms with van der Waals surface area (Å²) >= 11 is 0. The fourth-order valence-electron chi connectivity index (χ4n) is 3.45. The van der Waals surface area contributed by atoms with Gasteiger partial charge in [0, 0.05) is 32.9 Å². The maximum Gasteiger partial charge on any atom is 0.313 e. The quantitative estimate of drug-likeness (QED) is 0.716. The standard InChI is InChI=1S/C16H21N3O6S/c1-25-11-16(15(21)22)5-2-6-19(10-16)14(20)12-3-4-13-17-26(23,24)8-7-18(13)9-12/h3-4,9H,2,5-8,10-11H2,1H3,(H,21,22). The van der Waals surface area contributed by atoms with E-state index in [1.165, 1.54) is 24.2 Å². The van der Waals surface area contributed by atoms with Crippen molar-refractivity contribution in [3.05, 3.63) is 23.9 Å².